The normalized spacial score (nSPS) is 16.1. The van der Waals surface area contributed by atoms with Gasteiger partial charge in [-0.25, -0.2) is 0 Å². The first-order valence-electron chi connectivity index (χ1n) is 8.94. The molecule has 0 unspecified atom stereocenters. The van der Waals surface area contributed by atoms with Crippen LogP contribution in [0, 0.1) is 0 Å². The lowest BCUT2D eigenvalue weighted by Crippen LogP contribution is -2.26. The molecule has 0 radical (unpaired) electrons. The van der Waals surface area contributed by atoms with Crippen LogP contribution in [0.25, 0.3) is 0 Å². The van der Waals surface area contributed by atoms with Gasteiger partial charge >= 0.3 is 0 Å². The average Bonchev–Trinajstić information content (AvgIpc) is 3.32. The Morgan fingerprint density at radius 1 is 1.14 bits per heavy atom. The minimum Gasteiger partial charge on any atom is -0.374 e. The topological polar surface area (TPSA) is 122 Å². The number of amides is 1. The first kappa shape index (κ1) is 18.1. The maximum absolute atomic E-state index is 12.1. The van der Waals surface area contributed by atoms with Crippen LogP contribution in [-0.4, -0.2) is 45.4 Å². The number of hydrogen-bond acceptors (Lipinski definition) is 9. The summed E-state index contributed by atoms with van der Waals surface area (Å²) in [6.07, 6.45) is 1.26. The van der Waals surface area contributed by atoms with Crippen molar-refractivity contribution in [3.05, 3.63) is 48.0 Å². The molecule has 10 heteroatoms. The Morgan fingerprint density at radius 3 is 2.71 bits per heavy atom. The summed E-state index contributed by atoms with van der Waals surface area (Å²) in [5, 5.41) is 23.5. The van der Waals surface area contributed by atoms with Crippen LogP contribution in [0.4, 0.5) is 21.9 Å². The first-order valence-corrected chi connectivity index (χ1v) is 9.75. The molecule has 2 aromatic heterocycles. The van der Waals surface area contributed by atoms with E-state index in [0.29, 0.717) is 17.4 Å². The number of aromatic nitrogens is 4. The predicted octanol–water partition coefficient (Wildman–Crippen LogP) is 1.78. The molecule has 3 heterocycles. The molecule has 0 spiro atoms. The highest BCUT2D eigenvalue weighted by molar-refractivity contribution is 7.18. The van der Waals surface area contributed by atoms with Gasteiger partial charge in [0, 0.05) is 19.1 Å². The molecule has 144 valence electrons. The number of rotatable bonds is 6. The second kappa shape index (κ2) is 8.17. The molecule has 1 saturated heterocycles. The van der Waals surface area contributed by atoms with Gasteiger partial charge in [0.25, 0.3) is 0 Å². The molecule has 28 heavy (non-hydrogen) atoms. The van der Waals surface area contributed by atoms with Crippen molar-refractivity contribution >= 4 is 39.1 Å². The Hall–Kier alpha value is -3.27. The van der Waals surface area contributed by atoms with E-state index in [4.69, 9.17) is 5.73 Å². The van der Waals surface area contributed by atoms with Gasteiger partial charge in [0.2, 0.25) is 16.2 Å². The molecule has 1 aromatic carbocycles. The molecule has 0 aliphatic carbocycles. The number of carbonyl (C=O) groups is 1. The smallest absolute Gasteiger partial charge is 0.229 e. The van der Waals surface area contributed by atoms with Crippen molar-refractivity contribution in [3.8, 4) is 0 Å². The molecular weight excluding hydrogens is 376 g/mol. The van der Waals surface area contributed by atoms with Crippen molar-refractivity contribution in [1.82, 2.24) is 20.4 Å². The summed E-state index contributed by atoms with van der Waals surface area (Å²) in [4.78, 5) is 14.3. The molecule has 1 amide bonds. The van der Waals surface area contributed by atoms with Crippen LogP contribution in [0.5, 0.6) is 0 Å². The minimum atomic E-state index is -0.116. The Labute approximate surface area is 166 Å². The standard InChI is InChI=1S/C18H20N8OS/c19-17-24-25-18(28-17)20-13-8-9-26(11-13)15-7-6-14(22-23-15)21-16(27)10-12-4-2-1-3-5-12/h1-7,13H,8-11H2,(H2,19,24)(H,20,25)(H,21,22,27)/t13-/m1/s1. The van der Waals surface area contributed by atoms with Crippen molar-refractivity contribution < 1.29 is 4.79 Å². The number of nitrogen functional groups attached to an aromatic ring is 1. The van der Waals surface area contributed by atoms with Gasteiger partial charge in [-0.05, 0) is 24.1 Å². The summed E-state index contributed by atoms with van der Waals surface area (Å²) in [5.74, 6) is 1.11. The van der Waals surface area contributed by atoms with Crippen molar-refractivity contribution in [2.45, 2.75) is 18.9 Å². The third-order valence-electron chi connectivity index (χ3n) is 4.41. The molecule has 1 aliphatic heterocycles. The highest BCUT2D eigenvalue weighted by Gasteiger charge is 2.24. The van der Waals surface area contributed by atoms with E-state index in [-0.39, 0.29) is 11.9 Å². The van der Waals surface area contributed by atoms with Gasteiger partial charge in [0.15, 0.2) is 11.6 Å². The van der Waals surface area contributed by atoms with E-state index in [1.807, 2.05) is 36.4 Å². The Morgan fingerprint density at radius 2 is 2.00 bits per heavy atom. The number of carbonyl (C=O) groups excluding carboxylic acids is 1. The van der Waals surface area contributed by atoms with Crippen LogP contribution in [0.1, 0.15) is 12.0 Å². The SMILES string of the molecule is Nc1nnc(N[C@@H]2CCN(c3ccc(NC(=O)Cc4ccccc4)nn3)C2)s1. The number of nitrogens with zero attached hydrogens (tertiary/aromatic N) is 5. The fraction of sp³-hybridized carbons (Fsp3) is 0.278. The summed E-state index contributed by atoms with van der Waals surface area (Å²) in [5.41, 5.74) is 6.57. The Balaban J connectivity index is 1.30. The third kappa shape index (κ3) is 4.52. The second-order valence-corrected chi connectivity index (χ2v) is 7.52. The molecule has 1 fully saturated rings. The lowest BCUT2D eigenvalue weighted by Gasteiger charge is -2.17. The number of hydrogen-bond donors (Lipinski definition) is 3. The molecule has 0 bridgehead atoms. The van der Waals surface area contributed by atoms with Gasteiger partial charge in [-0.15, -0.1) is 20.4 Å². The van der Waals surface area contributed by atoms with Crippen molar-refractivity contribution in [3.63, 3.8) is 0 Å². The van der Waals surface area contributed by atoms with Gasteiger partial charge in [0.1, 0.15) is 0 Å². The van der Waals surface area contributed by atoms with E-state index in [1.165, 1.54) is 11.3 Å². The first-order chi connectivity index (χ1) is 13.7. The van der Waals surface area contributed by atoms with Crippen LogP contribution in [0.3, 0.4) is 0 Å². The van der Waals surface area contributed by atoms with Gasteiger partial charge in [-0.1, -0.05) is 41.7 Å². The molecule has 4 rings (SSSR count). The summed E-state index contributed by atoms with van der Waals surface area (Å²) in [6.45, 7) is 1.65. The van der Waals surface area contributed by atoms with E-state index >= 15 is 0 Å². The van der Waals surface area contributed by atoms with Crippen molar-refractivity contribution in [2.24, 2.45) is 0 Å². The molecule has 9 nitrogen and oxygen atoms in total. The maximum Gasteiger partial charge on any atom is 0.229 e. The Bertz CT molecular complexity index is 930. The zero-order chi connectivity index (χ0) is 19.3. The van der Waals surface area contributed by atoms with Gasteiger partial charge < -0.3 is 21.3 Å². The van der Waals surface area contributed by atoms with Crippen LogP contribution < -0.4 is 21.3 Å². The molecule has 0 saturated carbocycles. The predicted molar refractivity (Wildman–Crippen MR) is 109 cm³/mol. The Kier molecular flexibility index (Phi) is 5.29. The largest absolute Gasteiger partial charge is 0.374 e. The van der Waals surface area contributed by atoms with E-state index in [0.717, 1.165) is 36.0 Å². The van der Waals surface area contributed by atoms with Gasteiger partial charge in [0.05, 0.1) is 6.42 Å². The summed E-state index contributed by atoms with van der Waals surface area (Å²) in [6, 6.07) is 13.5. The number of nitrogens with one attached hydrogen (secondary N) is 2. The summed E-state index contributed by atoms with van der Waals surface area (Å²) in [7, 11) is 0. The fourth-order valence-corrected chi connectivity index (χ4v) is 3.67. The second-order valence-electron chi connectivity index (χ2n) is 6.51. The summed E-state index contributed by atoms with van der Waals surface area (Å²) >= 11 is 1.34. The molecule has 3 aromatic rings. The zero-order valence-corrected chi connectivity index (χ0v) is 15.9. The molecule has 1 atom stereocenters. The van der Waals surface area contributed by atoms with Crippen LogP contribution in [0.2, 0.25) is 0 Å². The maximum atomic E-state index is 12.1. The van der Waals surface area contributed by atoms with Gasteiger partial charge in [-0.2, -0.15) is 0 Å². The van der Waals surface area contributed by atoms with Crippen LogP contribution in [-0.2, 0) is 11.2 Å². The monoisotopic (exact) mass is 396 g/mol. The van der Waals surface area contributed by atoms with Crippen LogP contribution >= 0.6 is 11.3 Å². The van der Waals surface area contributed by atoms with Crippen molar-refractivity contribution in [1.29, 1.82) is 0 Å². The molecular formula is C18H20N8OS. The zero-order valence-electron chi connectivity index (χ0n) is 15.1. The third-order valence-corrected chi connectivity index (χ3v) is 5.09. The van der Waals surface area contributed by atoms with Crippen LogP contribution in [0.15, 0.2) is 42.5 Å². The number of anilines is 4. The number of nitrogens with two attached hydrogens (primary N) is 1. The average molecular weight is 396 g/mol. The number of benzene rings is 1. The molecule has 1 aliphatic rings. The summed E-state index contributed by atoms with van der Waals surface area (Å²) < 4.78 is 0. The minimum absolute atomic E-state index is 0.116. The van der Waals surface area contributed by atoms with E-state index in [9.17, 15) is 4.79 Å². The molecule has 4 N–H and O–H groups in total. The highest BCUT2D eigenvalue weighted by Crippen LogP contribution is 2.23. The fourth-order valence-electron chi connectivity index (χ4n) is 3.08. The van der Waals surface area contributed by atoms with E-state index < -0.39 is 0 Å². The van der Waals surface area contributed by atoms with E-state index in [1.54, 1.807) is 6.07 Å². The highest BCUT2D eigenvalue weighted by atomic mass is 32.1. The lowest BCUT2D eigenvalue weighted by molar-refractivity contribution is -0.115. The van der Waals surface area contributed by atoms with Gasteiger partial charge in [-0.3, -0.25) is 4.79 Å². The van der Waals surface area contributed by atoms with Crippen molar-refractivity contribution in [2.75, 3.05) is 34.4 Å². The lowest BCUT2D eigenvalue weighted by atomic mass is 10.1. The van der Waals surface area contributed by atoms with E-state index in [2.05, 4.69) is 35.9 Å². The quantitative estimate of drug-likeness (QED) is 0.576.